The lowest BCUT2D eigenvalue weighted by molar-refractivity contribution is 0.414. The summed E-state index contributed by atoms with van der Waals surface area (Å²) in [6, 6.07) is 14.9. The molecule has 116 valence electrons. The molecular formula is C17H15N3O2S. The number of thiocarbonyl (C=S) groups is 1. The molecule has 0 saturated carbocycles. The zero-order valence-electron chi connectivity index (χ0n) is 12.5. The predicted octanol–water partition coefficient (Wildman–Crippen LogP) is 3.49. The third kappa shape index (κ3) is 3.37. The number of aliphatic hydroxyl groups is 1. The Labute approximate surface area is 139 Å². The second kappa shape index (κ2) is 6.58. The normalized spacial score (nSPS) is 10.5. The zero-order chi connectivity index (χ0) is 16.2. The molecule has 1 N–H and O–H groups in total. The zero-order valence-corrected chi connectivity index (χ0v) is 13.3. The first-order valence-electron chi connectivity index (χ1n) is 7.02. The molecule has 0 bridgehead atoms. The molecular weight excluding hydrogens is 310 g/mol. The summed E-state index contributed by atoms with van der Waals surface area (Å²) in [5.41, 5.74) is 2.49. The Kier molecular flexibility index (Phi) is 4.34. The van der Waals surface area contributed by atoms with Gasteiger partial charge in [-0.15, -0.1) is 0 Å². The van der Waals surface area contributed by atoms with Crippen molar-refractivity contribution in [2.45, 2.75) is 6.54 Å². The van der Waals surface area contributed by atoms with Gasteiger partial charge >= 0.3 is 0 Å². The first-order valence-corrected chi connectivity index (χ1v) is 7.43. The molecule has 23 heavy (non-hydrogen) atoms. The summed E-state index contributed by atoms with van der Waals surface area (Å²) in [6.07, 6.45) is 1.72. The van der Waals surface area contributed by atoms with E-state index in [4.69, 9.17) is 17.0 Å². The van der Waals surface area contributed by atoms with Crippen molar-refractivity contribution in [1.82, 2.24) is 9.97 Å². The molecule has 0 unspecified atom stereocenters. The van der Waals surface area contributed by atoms with Gasteiger partial charge in [0.05, 0.1) is 24.7 Å². The molecule has 3 aromatic rings. The number of benzene rings is 1. The first kappa shape index (κ1) is 15.2. The van der Waals surface area contributed by atoms with Crippen molar-refractivity contribution < 1.29 is 9.84 Å². The van der Waals surface area contributed by atoms with Crippen LogP contribution in [0.3, 0.4) is 0 Å². The number of methoxy groups -OCH3 is 1. The van der Waals surface area contributed by atoms with Gasteiger partial charge in [-0.1, -0.05) is 12.1 Å². The number of pyridine rings is 2. The summed E-state index contributed by atoms with van der Waals surface area (Å²) in [5.74, 6) is 1.32. The maximum absolute atomic E-state index is 9.90. The van der Waals surface area contributed by atoms with Gasteiger partial charge in [0.25, 0.3) is 5.17 Å². The van der Waals surface area contributed by atoms with Crippen LogP contribution in [-0.2, 0) is 6.54 Å². The van der Waals surface area contributed by atoms with Crippen LogP contribution in [0.1, 0.15) is 5.56 Å². The van der Waals surface area contributed by atoms with Crippen molar-refractivity contribution in [3.05, 3.63) is 60.3 Å². The molecule has 0 spiro atoms. The van der Waals surface area contributed by atoms with Crippen LogP contribution in [0.2, 0.25) is 0 Å². The van der Waals surface area contributed by atoms with E-state index < -0.39 is 0 Å². The number of aromatic nitrogens is 2. The van der Waals surface area contributed by atoms with Crippen LogP contribution in [0, 0.1) is 0 Å². The maximum Gasteiger partial charge on any atom is 0.262 e. The summed E-state index contributed by atoms with van der Waals surface area (Å²) in [5, 5.41) is 9.66. The summed E-state index contributed by atoms with van der Waals surface area (Å²) >= 11 is 4.98. The van der Waals surface area contributed by atoms with Crippen LogP contribution in [0.15, 0.2) is 54.7 Å². The highest BCUT2D eigenvalue weighted by Gasteiger charge is 2.14. The summed E-state index contributed by atoms with van der Waals surface area (Å²) in [6.45, 7) is 0.394. The fourth-order valence-electron chi connectivity index (χ4n) is 2.30. The average molecular weight is 325 g/mol. The Hall–Kier alpha value is -2.73. The molecule has 6 heteroatoms. The van der Waals surface area contributed by atoms with E-state index in [0.29, 0.717) is 12.4 Å². The molecule has 2 heterocycles. The number of ether oxygens (including phenoxy) is 1. The Morgan fingerprint density at radius 2 is 2.04 bits per heavy atom. The molecule has 2 aromatic heterocycles. The van der Waals surface area contributed by atoms with Gasteiger partial charge in [0.1, 0.15) is 11.6 Å². The molecule has 5 nitrogen and oxygen atoms in total. The van der Waals surface area contributed by atoms with E-state index in [9.17, 15) is 5.11 Å². The number of hydrogen-bond acceptors (Lipinski definition) is 4. The lowest BCUT2D eigenvalue weighted by Gasteiger charge is -2.21. The minimum Gasteiger partial charge on any atom is -0.497 e. The van der Waals surface area contributed by atoms with Gasteiger partial charge in [0, 0.05) is 6.20 Å². The Bertz CT molecular complexity index is 854. The van der Waals surface area contributed by atoms with Crippen molar-refractivity contribution in [3.8, 4) is 5.75 Å². The molecule has 0 atom stereocenters. The van der Waals surface area contributed by atoms with Gasteiger partial charge in [-0.3, -0.25) is 9.88 Å². The fourth-order valence-corrected chi connectivity index (χ4v) is 2.45. The molecule has 0 fully saturated rings. The van der Waals surface area contributed by atoms with E-state index >= 15 is 0 Å². The van der Waals surface area contributed by atoms with Crippen molar-refractivity contribution in [2.24, 2.45) is 0 Å². The van der Waals surface area contributed by atoms with E-state index in [-0.39, 0.29) is 5.17 Å². The first-order chi connectivity index (χ1) is 11.2. The summed E-state index contributed by atoms with van der Waals surface area (Å²) in [7, 11) is 1.62. The van der Waals surface area contributed by atoms with Crippen molar-refractivity contribution in [1.29, 1.82) is 0 Å². The highest BCUT2D eigenvalue weighted by molar-refractivity contribution is 7.80. The van der Waals surface area contributed by atoms with Gasteiger partial charge in [-0.25, -0.2) is 4.98 Å². The van der Waals surface area contributed by atoms with Crippen LogP contribution in [-0.4, -0.2) is 27.4 Å². The Morgan fingerprint density at radius 1 is 1.17 bits per heavy atom. The second-order valence-corrected chi connectivity index (χ2v) is 5.30. The van der Waals surface area contributed by atoms with Crippen LogP contribution < -0.4 is 9.64 Å². The van der Waals surface area contributed by atoms with Crippen LogP contribution >= 0.6 is 12.2 Å². The van der Waals surface area contributed by atoms with Gasteiger partial charge < -0.3 is 9.84 Å². The maximum atomic E-state index is 9.90. The smallest absolute Gasteiger partial charge is 0.262 e. The third-order valence-corrected chi connectivity index (χ3v) is 3.64. The number of anilines is 1. The largest absolute Gasteiger partial charge is 0.497 e. The topological polar surface area (TPSA) is 58.5 Å². The monoisotopic (exact) mass is 325 g/mol. The highest BCUT2D eigenvalue weighted by Crippen LogP contribution is 2.20. The van der Waals surface area contributed by atoms with E-state index in [1.165, 1.54) is 0 Å². The van der Waals surface area contributed by atoms with Gasteiger partial charge in [0.2, 0.25) is 0 Å². The molecule has 0 amide bonds. The number of fused-ring (bicyclic) bond motifs is 1. The van der Waals surface area contributed by atoms with E-state index in [2.05, 4.69) is 9.97 Å². The molecule has 0 saturated heterocycles. The summed E-state index contributed by atoms with van der Waals surface area (Å²) in [4.78, 5) is 10.3. The molecule has 1 aromatic carbocycles. The lowest BCUT2D eigenvalue weighted by atomic mass is 10.2. The number of rotatable bonds is 4. The molecule has 0 aliphatic heterocycles. The molecule has 3 rings (SSSR count). The van der Waals surface area contributed by atoms with Gasteiger partial charge in [-0.05, 0) is 54.2 Å². The van der Waals surface area contributed by atoms with Crippen LogP contribution in [0.4, 0.5) is 5.82 Å². The van der Waals surface area contributed by atoms with Gasteiger partial charge in [-0.2, -0.15) is 0 Å². The van der Waals surface area contributed by atoms with E-state index in [1.54, 1.807) is 24.3 Å². The SMILES string of the molecule is COc1cccc(CN(C(O)=S)c2ccc3ncccc3n2)c1. The minimum atomic E-state index is -0.233. The van der Waals surface area contributed by atoms with E-state index in [1.807, 2.05) is 42.5 Å². The molecule has 0 aliphatic rings. The molecule has 0 aliphatic carbocycles. The molecule has 0 radical (unpaired) electrons. The second-order valence-electron chi connectivity index (χ2n) is 4.93. The van der Waals surface area contributed by atoms with Crippen LogP contribution in [0.25, 0.3) is 11.0 Å². The van der Waals surface area contributed by atoms with E-state index in [0.717, 1.165) is 22.3 Å². The Morgan fingerprint density at radius 3 is 2.83 bits per heavy atom. The standard InChI is InChI=1S/C17H15N3O2S/c1-22-13-5-2-4-12(10-13)11-20(17(21)23)16-8-7-14-15(19-16)6-3-9-18-14/h2-10H,11H2,1H3,(H,21,23). The highest BCUT2D eigenvalue weighted by atomic mass is 32.1. The number of aliphatic hydroxyl groups excluding tert-OH is 1. The fraction of sp³-hybridized carbons (Fsp3) is 0.118. The Balaban J connectivity index is 1.95. The lowest BCUT2D eigenvalue weighted by Crippen LogP contribution is -2.29. The van der Waals surface area contributed by atoms with Gasteiger partial charge in [0.15, 0.2) is 0 Å². The van der Waals surface area contributed by atoms with Crippen LogP contribution in [0.5, 0.6) is 5.75 Å². The minimum absolute atomic E-state index is 0.233. The van der Waals surface area contributed by atoms with Crippen molar-refractivity contribution in [2.75, 3.05) is 12.0 Å². The quantitative estimate of drug-likeness (QED) is 0.741. The van der Waals surface area contributed by atoms with Crippen molar-refractivity contribution >= 4 is 34.2 Å². The summed E-state index contributed by atoms with van der Waals surface area (Å²) < 4.78 is 5.22. The van der Waals surface area contributed by atoms with Crippen molar-refractivity contribution in [3.63, 3.8) is 0 Å². The predicted molar refractivity (Wildman–Crippen MR) is 93.9 cm³/mol. The average Bonchev–Trinajstić information content (AvgIpc) is 2.59. The number of hydrogen-bond donors (Lipinski definition) is 1. The third-order valence-electron chi connectivity index (χ3n) is 3.42. The number of nitrogens with zero attached hydrogens (tertiary/aromatic N) is 3.